The molecule has 0 unspecified atom stereocenters. The molecule has 0 aliphatic rings. The summed E-state index contributed by atoms with van der Waals surface area (Å²) in [7, 11) is 1.51. The summed E-state index contributed by atoms with van der Waals surface area (Å²) in [5.41, 5.74) is 0.331. The van der Waals surface area contributed by atoms with Gasteiger partial charge in [0, 0.05) is 10.9 Å². The van der Waals surface area contributed by atoms with Crippen LogP contribution in [-0.4, -0.2) is 18.0 Å². The highest BCUT2D eigenvalue weighted by molar-refractivity contribution is 6.14. The van der Waals surface area contributed by atoms with Crippen LogP contribution in [0.3, 0.4) is 0 Å². The average Bonchev–Trinajstić information content (AvgIpc) is 2.83. The number of amides is 1. The van der Waals surface area contributed by atoms with Gasteiger partial charge in [0.1, 0.15) is 11.4 Å². The van der Waals surface area contributed by atoms with Crippen molar-refractivity contribution in [3.05, 3.63) is 88.7 Å². The number of methoxy groups -OCH3 is 1. The Morgan fingerprint density at radius 2 is 1.42 bits per heavy atom. The maximum absolute atomic E-state index is 14.1. The van der Waals surface area contributed by atoms with Gasteiger partial charge in [-0.1, -0.05) is 18.2 Å². The van der Waals surface area contributed by atoms with Crippen molar-refractivity contribution in [3.8, 4) is 17.0 Å². The Kier molecular flexibility index (Phi) is 5.71. The fourth-order valence-corrected chi connectivity index (χ4v) is 3.52. The van der Waals surface area contributed by atoms with E-state index < -0.39 is 40.7 Å². The fourth-order valence-electron chi connectivity index (χ4n) is 3.52. The number of carbonyl (C=O) groups is 1. The molecule has 0 spiro atoms. The molecule has 0 aliphatic carbocycles. The number of pyridine rings is 1. The van der Waals surface area contributed by atoms with Crippen molar-refractivity contribution in [2.75, 3.05) is 12.4 Å². The fraction of sp³-hybridized carbons (Fsp3) is 0.0833. The molecule has 4 rings (SSSR count). The SMILES string of the molecule is COc1ccc(-c2nc3ccccc3c(C(=O)Nc3c(F)c(F)c(F)c(F)c3F)c2C)cc1. The lowest BCUT2D eigenvalue weighted by Crippen LogP contribution is -2.19. The largest absolute Gasteiger partial charge is 0.497 e. The van der Waals surface area contributed by atoms with E-state index in [1.165, 1.54) is 7.11 Å². The summed E-state index contributed by atoms with van der Waals surface area (Å²) in [5, 5.41) is 2.19. The number of para-hydroxylation sites is 1. The first-order chi connectivity index (χ1) is 15.7. The molecule has 3 aromatic carbocycles. The van der Waals surface area contributed by atoms with E-state index in [0.29, 0.717) is 33.5 Å². The molecule has 168 valence electrons. The van der Waals surface area contributed by atoms with Crippen molar-refractivity contribution in [3.63, 3.8) is 0 Å². The van der Waals surface area contributed by atoms with Crippen LogP contribution >= 0.6 is 0 Å². The Labute approximate surface area is 184 Å². The Morgan fingerprint density at radius 1 is 0.848 bits per heavy atom. The first-order valence-electron chi connectivity index (χ1n) is 9.61. The molecule has 4 nitrogen and oxygen atoms in total. The van der Waals surface area contributed by atoms with E-state index >= 15 is 0 Å². The van der Waals surface area contributed by atoms with Crippen LogP contribution in [0.25, 0.3) is 22.2 Å². The highest BCUT2D eigenvalue weighted by atomic mass is 19.2. The van der Waals surface area contributed by atoms with Gasteiger partial charge in [0.25, 0.3) is 5.91 Å². The van der Waals surface area contributed by atoms with Crippen LogP contribution in [0.4, 0.5) is 27.6 Å². The molecule has 4 aromatic rings. The lowest BCUT2D eigenvalue weighted by atomic mass is 9.97. The molecule has 0 radical (unpaired) electrons. The topological polar surface area (TPSA) is 51.2 Å². The molecule has 1 N–H and O–H groups in total. The molecule has 1 amide bonds. The highest BCUT2D eigenvalue weighted by Crippen LogP contribution is 2.33. The summed E-state index contributed by atoms with van der Waals surface area (Å²) in [5.74, 6) is -11.3. The Morgan fingerprint density at radius 3 is 2.03 bits per heavy atom. The van der Waals surface area contributed by atoms with Crippen molar-refractivity contribution in [2.24, 2.45) is 0 Å². The van der Waals surface area contributed by atoms with Gasteiger partial charge in [0.15, 0.2) is 23.3 Å². The van der Waals surface area contributed by atoms with Crippen LogP contribution in [0.2, 0.25) is 0 Å². The Hall–Kier alpha value is -4.01. The molecule has 0 fully saturated rings. The molecule has 1 heterocycles. The van der Waals surface area contributed by atoms with Crippen LogP contribution in [0.5, 0.6) is 5.75 Å². The van der Waals surface area contributed by atoms with E-state index in [4.69, 9.17) is 4.74 Å². The summed E-state index contributed by atoms with van der Waals surface area (Å²) < 4.78 is 74.0. The van der Waals surface area contributed by atoms with Gasteiger partial charge in [0.05, 0.1) is 23.9 Å². The number of fused-ring (bicyclic) bond motifs is 1. The van der Waals surface area contributed by atoms with Crippen molar-refractivity contribution in [1.82, 2.24) is 4.98 Å². The van der Waals surface area contributed by atoms with Gasteiger partial charge in [-0.15, -0.1) is 0 Å². The number of nitrogens with one attached hydrogen (secondary N) is 1. The van der Waals surface area contributed by atoms with Crippen molar-refractivity contribution in [2.45, 2.75) is 6.92 Å². The molecule has 0 saturated carbocycles. The zero-order chi connectivity index (χ0) is 23.9. The van der Waals surface area contributed by atoms with Gasteiger partial charge in [-0.25, -0.2) is 26.9 Å². The first kappa shape index (κ1) is 22.2. The molecule has 9 heteroatoms. The number of nitrogens with zero attached hydrogens (tertiary/aromatic N) is 1. The molecular weight excluding hydrogens is 443 g/mol. The number of benzene rings is 3. The van der Waals surface area contributed by atoms with Gasteiger partial charge in [0.2, 0.25) is 5.82 Å². The van der Waals surface area contributed by atoms with Gasteiger partial charge >= 0.3 is 0 Å². The van der Waals surface area contributed by atoms with Crippen molar-refractivity contribution < 1.29 is 31.5 Å². The molecule has 0 atom stereocenters. The number of aromatic nitrogens is 1. The summed E-state index contributed by atoms with van der Waals surface area (Å²) >= 11 is 0. The van der Waals surface area contributed by atoms with E-state index in [0.717, 1.165) is 0 Å². The molecule has 0 aliphatic heterocycles. The number of rotatable bonds is 4. The number of carbonyl (C=O) groups excluding carboxylic acids is 1. The number of hydrogen-bond acceptors (Lipinski definition) is 3. The molecular formula is C24H15F5N2O2. The Balaban J connectivity index is 1.89. The summed E-state index contributed by atoms with van der Waals surface area (Å²) in [6.07, 6.45) is 0. The predicted octanol–water partition coefficient (Wildman–Crippen LogP) is 6.17. The smallest absolute Gasteiger partial charge is 0.256 e. The van der Waals surface area contributed by atoms with Gasteiger partial charge in [-0.3, -0.25) is 4.79 Å². The van der Waals surface area contributed by atoms with E-state index in [9.17, 15) is 26.7 Å². The lowest BCUT2D eigenvalue weighted by molar-refractivity contribution is 0.102. The number of ether oxygens (including phenoxy) is 1. The van der Waals surface area contributed by atoms with E-state index in [-0.39, 0.29) is 5.56 Å². The van der Waals surface area contributed by atoms with Gasteiger partial charge in [-0.05, 0) is 42.8 Å². The standard InChI is InChI=1S/C24H15F5N2O2/c1-11-16(24(32)31-23-20(28)18(26)17(25)19(27)21(23)29)14-5-3-4-6-15(14)30-22(11)12-7-9-13(33-2)10-8-12/h3-10H,1-2H3,(H,31,32). The zero-order valence-corrected chi connectivity index (χ0v) is 17.3. The molecule has 33 heavy (non-hydrogen) atoms. The highest BCUT2D eigenvalue weighted by Gasteiger charge is 2.28. The second kappa shape index (κ2) is 8.50. The minimum atomic E-state index is -2.31. The lowest BCUT2D eigenvalue weighted by Gasteiger charge is -2.16. The first-order valence-corrected chi connectivity index (χ1v) is 9.61. The third kappa shape index (κ3) is 3.75. The third-order valence-corrected chi connectivity index (χ3v) is 5.17. The zero-order valence-electron chi connectivity index (χ0n) is 17.3. The second-order valence-electron chi connectivity index (χ2n) is 7.11. The normalized spacial score (nSPS) is 11.0. The number of hydrogen-bond donors (Lipinski definition) is 1. The van der Waals surface area contributed by atoms with Crippen LogP contribution < -0.4 is 10.1 Å². The Bertz CT molecular complexity index is 1380. The maximum atomic E-state index is 14.1. The van der Waals surface area contributed by atoms with E-state index in [1.54, 1.807) is 55.5 Å². The molecule has 0 saturated heterocycles. The van der Waals surface area contributed by atoms with Crippen molar-refractivity contribution in [1.29, 1.82) is 0 Å². The van der Waals surface area contributed by atoms with Gasteiger partial charge < -0.3 is 10.1 Å². The van der Waals surface area contributed by atoms with Crippen LogP contribution in [0.1, 0.15) is 15.9 Å². The van der Waals surface area contributed by atoms with Crippen LogP contribution in [0.15, 0.2) is 48.5 Å². The molecule has 1 aromatic heterocycles. The van der Waals surface area contributed by atoms with E-state index in [2.05, 4.69) is 4.98 Å². The number of anilines is 1. The second-order valence-corrected chi connectivity index (χ2v) is 7.11. The van der Waals surface area contributed by atoms with Gasteiger partial charge in [-0.2, -0.15) is 0 Å². The van der Waals surface area contributed by atoms with Crippen LogP contribution in [0, 0.1) is 36.0 Å². The number of halogens is 5. The quantitative estimate of drug-likeness (QED) is 0.226. The molecule has 0 bridgehead atoms. The monoisotopic (exact) mass is 458 g/mol. The summed E-state index contributed by atoms with van der Waals surface area (Å²) in [4.78, 5) is 17.7. The summed E-state index contributed by atoms with van der Waals surface area (Å²) in [6.45, 7) is 1.58. The minimum Gasteiger partial charge on any atom is -0.497 e. The summed E-state index contributed by atoms with van der Waals surface area (Å²) in [6, 6.07) is 13.3. The average molecular weight is 458 g/mol. The van der Waals surface area contributed by atoms with Crippen molar-refractivity contribution >= 4 is 22.5 Å². The third-order valence-electron chi connectivity index (χ3n) is 5.17. The predicted molar refractivity (Wildman–Crippen MR) is 113 cm³/mol. The van der Waals surface area contributed by atoms with E-state index in [1.807, 2.05) is 5.32 Å². The van der Waals surface area contributed by atoms with Crippen LogP contribution in [-0.2, 0) is 0 Å². The maximum Gasteiger partial charge on any atom is 0.256 e. The minimum absolute atomic E-state index is 0.0182.